The zero-order chi connectivity index (χ0) is 15.0. The summed E-state index contributed by atoms with van der Waals surface area (Å²) in [4.78, 5) is 8.09. The van der Waals surface area contributed by atoms with Crippen LogP contribution in [0.1, 0.15) is 53.8 Å². The van der Waals surface area contributed by atoms with E-state index in [1.165, 1.54) is 0 Å². The fraction of sp³-hybridized carbons (Fsp3) is 0.588. The van der Waals surface area contributed by atoms with Crippen molar-refractivity contribution in [2.24, 2.45) is 5.41 Å². The van der Waals surface area contributed by atoms with Gasteiger partial charge < -0.3 is 10.3 Å². The quantitative estimate of drug-likeness (QED) is 0.850. The summed E-state index contributed by atoms with van der Waals surface area (Å²) in [6.07, 6.45) is 1.15. The normalized spacial score (nSPS) is 12.9. The number of fused-ring (bicyclic) bond motifs is 1. The third kappa shape index (κ3) is 3.75. The van der Waals surface area contributed by atoms with Crippen molar-refractivity contribution in [2.45, 2.75) is 53.4 Å². The molecule has 0 amide bonds. The van der Waals surface area contributed by atoms with Gasteiger partial charge in [0.15, 0.2) is 0 Å². The minimum atomic E-state index is 0.0544. The number of aromatic amines is 1. The van der Waals surface area contributed by atoms with Crippen LogP contribution in [-0.4, -0.2) is 16.5 Å². The topological polar surface area (TPSA) is 40.7 Å². The first-order valence-corrected chi connectivity index (χ1v) is 7.39. The lowest BCUT2D eigenvalue weighted by Gasteiger charge is -2.18. The van der Waals surface area contributed by atoms with E-state index in [0.29, 0.717) is 5.41 Å². The van der Waals surface area contributed by atoms with E-state index in [4.69, 9.17) is 0 Å². The second kappa shape index (κ2) is 5.12. The van der Waals surface area contributed by atoms with E-state index in [1.807, 2.05) is 0 Å². The summed E-state index contributed by atoms with van der Waals surface area (Å²) in [5.41, 5.74) is 3.72. The first-order valence-electron chi connectivity index (χ1n) is 7.39. The van der Waals surface area contributed by atoms with Gasteiger partial charge in [0.2, 0.25) is 0 Å². The Balaban J connectivity index is 2.13. The molecular formula is C17H27N3. The summed E-state index contributed by atoms with van der Waals surface area (Å²) in [7, 11) is 0. The molecule has 0 unspecified atom stereocenters. The average molecular weight is 273 g/mol. The van der Waals surface area contributed by atoms with Gasteiger partial charge in [-0.3, -0.25) is 0 Å². The number of H-pyrrole nitrogens is 1. The van der Waals surface area contributed by atoms with Crippen molar-refractivity contribution in [3.63, 3.8) is 0 Å². The van der Waals surface area contributed by atoms with Crippen molar-refractivity contribution in [1.82, 2.24) is 9.97 Å². The average Bonchev–Trinajstić information content (AvgIpc) is 2.69. The Morgan fingerprint density at radius 3 is 2.40 bits per heavy atom. The van der Waals surface area contributed by atoms with Crippen LogP contribution in [0.2, 0.25) is 0 Å². The Labute approximate surface area is 122 Å². The number of rotatable bonds is 3. The number of anilines is 1. The van der Waals surface area contributed by atoms with E-state index in [9.17, 15) is 0 Å². The van der Waals surface area contributed by atoms with Crippen LogP contribution in [0.3, 0.4) is 0 Å². The molecule has 2 rings (SSSR count). The summed E-state index contributed by atoms with van der Waals surface area (Å²) >= 11 is 0. The van der Waals surface area contributed by atoms with E-state index < -0.39 is 0 Å². The van der Waals surface area contributed by atoms with Crippen molar-refractivity contribution in [2.75, 3.05) is 11.9 Å². The van der Waals surface area contributed by atoms with Crippen molar-refractivity contribution in [3.8, 4) is 0 Å². The molecule has 0 atom stereocenters. The molecule has 3 heteroatoms. The maximum atomic E-state index is 4.66. The maximum Gasteiger partial charge on any atom is 0.112 e. The van der Waals surface area contributed by atoms with Crippen LogP contribution in [0, 0.1) is 5.41 Å². The van der Waals surface area contributed by atoms with Gasteiger partial charge in [-0.2, -0.15) is 0 Å². The molecule has 2 N–H and O–H groups in total. The highest BCUT2D eigenvalue weighted by Crippen LogP contribution is 2.24. The zero-order valence-corrected chi connectivity index (χ0v) is 13.6. The monoisotopic (exact) mass is 273 g/mol. The molecule has 0 fully saturated rings. The predicted octanol–water partition coefficient (Wildman–Crippen LogP) is 4.71. The fourth-order valence-electron chi connectivity index (χ4n) is 2.06. The highest BCUT2D eigenvalue weighted by Gasteiger charge is 2.18. The van der Waals surface area contributed by atoms with Crippen molar-refractivity contribution < 1.29 is 0 Å². The van der Waals surface area contributed by atoms with Gasteiger partial charge in [0.25, 0.3) is 0 Å². The number of nitrogens with zero attached hydrogens (tertiary/aromatic N) is 1. The molecule has 0 bridgehead atoms. The first kappa shape index (κ1) is 14.9. The van der Waals surface area contributed by atoms with Crippen molar-refractivity contribution >= 4 is 16.7 Å². The van der Waals surface area contributed by atoms with Gasteiger partial charge in [0.05, 0.1) is 11.0 Å². The molecule has 1 heterocycles. The Bertz CT molecular complexity index is 582. The molecule has 0 saturated carbocycles. The SMILES string of the molecule is CC(C)(C)CCNc1ccc2nc(C(C)(C)C)[nH]c2c1. The molecule has 0 spiro atoms. The molecule has 0 aliphatic rings. The van der Waals surface area contributed by atoms with Gasteiger partial charge in [-0.15, -0.1) is 0 Å². The van der Waals surface area contributed by atoms with Crippen LogP contribution in [0.15, 0.2) is 18.2 Å². The zero-order valence-electron chi connectivity index (χ0n) is 13.6. The third-order valence-electron chi connectivity index (χ3n) is 3.40. The van der Waals surface area contributed by atoms with Gasteiger partial charge in [-0.05, 0) is 30.0 Å². The smallest absolute Gasteiger partial charge is 0.112 e. The van der Waals surface area contributed by atoms with E-state index in [1.54, 1.807) is 0 Å². The molecule has 3 nitrogen and oxygen atoms in total. The van der Waals surface area contributed by atoms with Crippen molar-refractivity contribution in [3.05, 3.63) is 24.0 Å². The predicted molar refractivity (Wildman–Crippen MR) is 87.4 cm³/mol. The van der Waals surface area contributed by atoms with Crippen LogP contribution in [0.5, 0.6) is 0 Å². The number of benzene rings is 1. The van der Waals surface area contributed by atoms with Gasteiger partial charge >= 0.3 is 0 Å². The van der Waals surface area contributed by atoms with Crippen LogP contribution in [0.25, 0.3) is 11.0 Å². The summed E-state index contributed by atoms with van der Waals surface area (Å²) in [5.74, 6) is 1.04. The second-order valence-corrected chi connectivity index (χ2v) is 7.80. The number of nitrogens with one attached hydrogen (secondary N) is 2. The summed E-state index contributed by atoms with van der Waals surface area (Å²) in [6.45, 7) is 14.3. The number of hydrogen-bond acceptors (Lipinski definition) is 2. The molecule has 20 heavy (non-hydrogen) atoms. The van der Waals surface area contributed by atoms with Crippen LogP contribution in [0.4, 0.5) is 5.69 Å². The Kier molecular flexibility index (Phi) is 3.81. The van der Waals surface area contributed by atoms with Gasteiger partial charge in [-0.1, -0.05) is 41.5 Å². The lowest BCUT2D eigenvalue weighted by Crippen LogP contribution is -2.13. The van der Waals surface area contributed by atoms with Gasteiger partial charge in [-0.25, -0.2) is 4.98 Å². The Hall–Kier alpha value is -1.51. The maximum absolute atomic E-state index is 4.66. The van der Waals surface area contributed by atoms with E-state index in [2.05, 4.69) is 75.0 Å². The highest BCUT2D eigenvalue weighted by molar-refractivity contribution is 5.79. The molecule has 1 aromatic carbocycles. The van der Waals surface area contributed by atoms with E-state index >= 15 is 0 Å². The largest absolute Gasteiger partial charge is 0.385 e. The van der Waals surface area contributed by atoms with Crippen LogP contribution < -0.4 is 5.32 Å². The summed E-state index contributed by atoms with van der Waals surface area (Å²) < 4.78 is 0. The lowest BCUT2D eigenvalue weighted by atomic mass is 9.92. The lowest BCUT2D eigenvalue weighted by molar-refractivity contribution is 0.390. The minimum Gasteiger partial charge on any atom is -0.385 e. The summed E-state index contributed by atoms with van der Waals surface area (Å²) in [6, 6.07) is 6.35. The molecule has 2 aromatic rings. The van der Waals surface area contributed by atoms with E-state index in [-0.39, 0.29) is 5.41 Å². The van der Waals surface area contributed by atoms with Crippen LogP contribution >= 0.6 is 0 Å². The van der Waals surface area contributed by atoms with Crippen LogP contribution in [-0.2, 0) is 5.41 Å². The molecule has 1 aromatic heterocycles. The van der Waals surface area contributed by atoms with Gasteiger partial charge in [0.1, 0.15) is 5.82 Å². The second-order valence-electron chi connectivity index (χ2n) is 7.80. The first-order chi connectivity index (χ1) is 9.15. The molecule has 0 aliphatic carbocycles. The Morgan fingerprint density at radius 2 is 1.80 bits per heavy atom. The van der Waals surface area contributed by atoms with Gasteiger partial charge in [0, 0.05) is 17.6 Å². The summed E-state index contributed by atoms with van der Waals surface area (Å²) in [5, 5.41) is 3.49. The minimum absolute atomic E-state index is 0.0544. The molecule has 110 valence electrons. The number of aromatic nitrogens is 2. The fourth-order valence-corrected chi connectivity index (χ4v) is 2.06. The van der Waals surface area contributed by atoms with E-state index in [0.717, 1.165) is 35.5 Å². The third-order valence-corrected chi connectivity index (χ3v) is 3.40. The molecular weight excluding hydrogens is 246 g/mol. The molecule has 0 saturated heterocycles. The number of hydrogen-bond donors (Lipinski definition) is 2. The molecule has 0 radical (unpaired) electrons. The number of imidazole rings is 1. The Morgan fingerprint density at radius 1 is 1.10 bits per heavy atom. The molecule has 0 aliphatic heterocycles. The standard InChI is InChI=1S/C17H27N3/c1-16(2,3)9-10-18-12-7-8-13-14(11-12)20-15(19-13)17(4,5)6/h7-8,11,18H,9-10H2,1-6H3,(H,19,20). The highest BCUT2D eigenvalue weighted by atomic mass is 14.9. The van der Waals surface area contributed by atoms with Crippen molar-refractivity contribution in [1.29, 1.82) is 0 Å².